The van der Waals surface area contributed by atoms with Gasteiger partial charge in [0.05, 0.1) is 5.56 Å². The van der Waals surface area contributed by atoms with Crippen LogP contribution in [-0.4, -0.2) is 24.2 Å². The molecule has 0 spiro atoms. The molecule has 2 N–H and O–H groups in total. The Kier molecular flexibility index (Phi) is 4.43. The van der Waals surface area contributed by atoms with Crippen molar-refractivity contribution in [3.63, 3.8) is 0 Å². The van der Waals surface area contributed by atoms with Crippen LogP contribution < -0.4 is 10.1 Å². The number of para-hydroxylation sites is 1. The average molecular weight is 307 g/mol. The van der Waals surface area contributed by atoms with Gasteiger partial charge in [-0.3, -0.25) is 0 Å². The predicted octanol–water partition coefficient (Wildman–Crippen LogP) is 4.03. The number of hydrogen-bond donors (Lipinski definition) is 2. The molecule has 4 heteroatoms. The van der Waals surface area contributed by atoms with E-state index in [0.717, 1.165) is 11.1 Å². The smallest absolute Gasteiger partial charge is 0.337 e. The van der Waals surface area contributed by atoms with Crippen molar-refractivity contribution in [2.24, 2.45) is 0 Å². The number of hydrogen-bond acceptors (Lipinski definition) is 3. The fourth-order valence-corrected chi connectivity index (χ4v) is 2.44. The van der Waals surface area contributed by atoms with E-state index in [9.17, 15) is 4.79 Å². The molecule has 3 aromatic rings. The van der Waals surface area contributed by atoms with Crippen LogP contribution in [0.5, 0.6) is 5.75 Å². The van der Waals surface area contributed by atoms with E-state index in [-0.39, 0.29) is 5.56 Å². The van der Waals surface area contributed by atoms with Crippen molar-refractivity contribution in [2.45, 2.75) is 0 Å². The van der Waals surface area contributed by atoms with E-state index in [1.54, 1.807) is 24.3 Å². The summed E-state index contributed by atoms with van der Waals surface area (Å²) in [7, 11) is 0. The van der Waals surface area contributed by atoms with Gasteiger partial charge in [0.15, 0.2) is 0 Å². The Bertz CT molecular complexity index is 829. The fourth-order valence-electron chi connectivity index (χ4n) is 2.44. The van der Waals surface area contributed by atoms with E-state index in [0.29, 0.717) is 18.8 Å². The molecule has 0 atom stereocenters. The number of rotatable bonds is 6. The third-order valence-electron chi connectivity index (χ3n) is 3.56. The van der Waals surface area contributed by atoms with Gasteiger partial charge < -0.3 is 15.2 Å². The summed E-state index contributed by atoms with van der Waals surface area (Å²) in [6.45, 7) is 0.976. The highest BCUT2D eigenvalue weighted by Crippen LogP contribution is 2.20. The first-order valence-corrected chi connectivity index (χ1v) is 7.42. The quantitative estimate of drug-likeness (QED) is 0.675. The maximum atomic E-state index is 11.1. The summed E-state index contributed by atoms with van der Waals surface area (Å²) in [6.07, 6.45) is 0. The number of anilines is 1. The lowest BCUT2D eigenvalue weighted by molar-refractivity contribution is 0.0698. The molecule has 116 valence electrons. The summed E-state index contributed by atoms with van der Waals surface area (Å²) in [5, 5.41) is 14.5. The first kappa shape index (κ1) is 14.9. The Morgan fingerprint density at radius 1 is 0.957 bits per heavy atom. The standard InChI is InChI=1S/C19H17NO3/c21-19(22)17-7-3-4-8-18(17)20-11-12-23-16-10-9-14-5-1-2-6-15(14)13-16/h1-10,13,20H,11-12H2,(H,21,22). The molecule has 4 nitrogen and oxygen atoms in total. The maximum Gasteiger partial charge on any atom is 0.337 e. The van der Waals surface area contributed by atoms with Gasteiger partial charge in [-0.1, -0.05) is 42.5 Å². The molecule has 0 fully saturated rings. The van der Waals surface area contributed by atoms with Crippen molar-refractivity contribution >= 4 is 22.4 Å². The van der Waals surface area contributed by atoms with Crippen molar-refractivity contribution in [2.75, 3.05) is 18.5 Å². The molecule has 3 rings (SSSR count). The lowest BCUT2D eigenvalue weighted by Crippen LogP contribution is -2.13. The molecular weight excluding hydrogens is 290 g/mol. The molecule has 0 aliphatic carbocycles. The summed E-state index contributed by atoms with van der Waals surface area (Å²) >= 11 is 0. The molecule has 0 unspecified atom stereocenters. The first-order valence-electron chi connectivity index (χ1n) is 7.42. The zero-order valence-corrected chi connectivity index (χ0v) is 12.5. The summed E-state index contributed by atoms with van der Waals surface area (Å²) in [4.78, 5) is 11.1. The van der Waals surface area contributed by atoms with Crippen LogP contribution in [0.15, 0.2) is 66.7 Å². The van der Waals surface area contributed by atoms with Crippen LogP contribution in [0.4, 0.5) is 5.69 Å². The number of benzene rings is 3. The monoisotopic (exact) mass is 307 g/mol. The number of ether oxygens (including phenoxy) is 1. The Balaban J connectivity index is 1.58. The zero-order chi connectivity index (χ0) is 16.1. The third kappa shape index (κ3) is 3.61. The second-order valence-electron chi connectivity index (χ2n) is 5.13. The average Bonchev–Trinajstić information content (AvgIpc) is 2.59. The van der Waals surface area contributed by atoms with Crippen LogP contribution >= 0.6 is 0 Å². The lowest BCUT2D eigenvalue weighted by atomic mass is 10.1. The highest BCUT2D eigenvalue weighted by molar-refractivity contribution is 5.94. The first-order chi connectivity index (χ1) is 11.2. The molecule has 0 saturated carbocycles. The highest BCUT2D eigenvalue weighted by Gasteiger charge is 2.07. The van der Waals surface area contributed by atoms with Crippen LogP contribution in [0.1, 0.15) is 10.4 Å². The highest BCUT2D eigenvalue weighted by atomic mass is 16.5. The largest absolute Gasteiger partial charge is 0.492 e. The summed E-state index contributed by atoms with van der Waals surface area (Å²) < 4.78 is 5.73. The molecule has 0 radical (unpaired) electrons. The van der Waals surface area contributed by atoms with E-state index >= 15 is 0 Å². The molecule has 23 heavy (non-hydrogen) atoms. The minimum atomic E-state index is -0.941. The fraction of sp³-hybridized carbons (Fsp3) is 0.105. The number of carbonyl (C=O) groups is 1. The van der Waals surface area contributed by atoms with Gasteiger partial charge in [0.1, 0.15) is 12.4 Å². The van der Waals surface area contributed by atoms with Crippen molar-refractivity contribution in [1.29, 1.82) is 0 Å². The van der Waals surface area contributed by atoms with Gasteiger partial charge in [0.25, 0.3) is 0 Å². The Labute approximate surface area is 134 Å². The molecule has 0 bridgehead atoms. The second kappa shape index (κ2) is 6.83. The number of nitrogens with one attached hydrogen (secondary N) is 1. The summed E-state index contributed by atoms with van der Waals surface area (Å²) in [5.74, 6) is -0.138. The second-order valence-corrected chi connectivity index (χ2v) is 5.13. The molecule has 0 aliphatic rings. The van der Waals surface area contributed by atoms with Crippen LogP contribution in [-0.2, 0) is 0 Å². The SMILES string of the molecule is O=C(O)c1ccccc1NCCOc1ccc2ccccc2c1. The molecule has 0 saturated heterocycles. The minimum Gasteiger partial charge on any atom is -0.492 e. The normalized spacial score (nSPS) is 10.4. The maximum absolute atomic E-state index is 11.1. The topological polar surface area (TPSA) is 58.6 Å². The predicted molar refractivity (Wildman–Crippen MR) is 91.3 cm³/mol. The van der Waals surface area contributed by atoms with E-state index in [2.05, 4.69) is 11.4 Å². The van der Waals surface area contributed by atoms with Crippen LogP contribution in [0.25, 0.3) is 10.8 Å². The van der Waals surface area contributed by atoms with E-state index in [1.807, 2.05) is 36.4 Å². The number of carboxylic acid groups (broad SMARTS) is 1. The molecule has 3 aromatic carbocycles. The van der Waals surface area contributed by atoms with Gasteiger partial charge in [0, 0.05) is 12.2 Å². The molecule has 0 aromatic heterocycles. The number of carboxylic acids is 1. The van der Waals surface area contributed by atoms with Crippen molar-refractivity contribution < 1.29 is 14.6 Å². The van der Waals surface area contributed by atoms with Crippen LogP contribution in [0.3, 0.4) is 0 Å². The van der Waals surface area contributed by atoms with Crippen molar-refractivity contribution in [3.05, 3.63) is 72.3 Å². The minimum absolute atomic E-state index is 0.262. The molecule has 0 aliphatic heterocycles. The van der Waals surface area contributed by atoms with Gasteiger partial charge in [0.2, 0.25) is 0 Å². The molecular formula is C19H17NO3. The summed E-state index contributed by atoms with van der Waals surface area (Å²) in [6, 6.07) is 20.9. The van der Waals surface area contributed by atoms with E-state index in [1.165, 1.54) is 5.39 Å². The molecule has 0 heterocycles. The zero-order valence-electron chi connectivity index (χ0n) is 12.5. The Morgan fingerprint density at radius 3 is 2.52 bits per heavy atom. The lowest BCUT2D eigenvalue weighted by Gasteiger charge is -2.11. The van der Waals surface area contributed by atoms with Crippen LogP contribution in [0.2, 0.25) is 0 Å². The Morgan fingerprint density at radius 2 is 1.70 bits per heavy atom. The van der Waals surface area contributed by atoms with Gasteiger partial charge in [-0.15, -0.1) is 0 Å². The number of aromatic carboxylic acids is 1. The van der Waals surface area contributed by atoms with Gasteiger partial charge in [-0.05, 0) is 35.0 Å². The van der Waals surface area contributed by atoms with Crippen molar-refractivity contribution in [1.82, 2.24) is 0 Å². The van der Waals surface area contributed by atoms with E-state index < -0.39 is 5.97 Å². The summed E-state index contributed by atoms with van der Waals surface area (Å²) in [5.41, 5.74) is 0.861. The molecule has 0 amide bonds. The van der Waals surface area contributed by atoms with E-state index in [4.69, 9.17) is 9.84 Å². The number of fused-ring (bicyclic) bond motifs is 1. The Hall–Kier alpha value is -3.01. The van der Waals surface area contributed by atoms with Crippen LogP contribution in [0, 0.1) is 0 Å². The van der Waals surface area contributed by atoms with Gasteiger partial charge in [-0.2, -0.15) is 0 Å². The third-order valence-corrected chi connectivity index (χ3v) is 3.56. The van der Waals surface area contributed by atoms with Crippen molar-refractivity contribution in [3.8, 4) is 5.75 Å². The van der Waals surface area contributed by atoms with Gasteiger partial charge in [-0.25, -0.2) is 4.79 Å². The van der Waals surface area contributed by atoms with Gasteiger partial charge >= 0.3 is 5.97 Å².